The van der Waals surface area contributed by atoms with E-state index in [0.717, 1.165) is 23.4 Å². The highest BCUT2D eigenvalue weighted by atomic mass is 35.5. The Bertz CT molecular complexity index is 938. The minimum Gasteiger partial charge on any atom is -0.364 e. The fourth-order valence-corrected chi connectivity index (χ4v) is 3.83. The first-order valence-corrected chi connectivity index (χ1v) is 9.14. The molecular weight excluding hydrogens is 349 g/mol. The largest absolute Gasteiger partial charge is 0.364 e. The van der Waals surface area contributed by atoms with Crippen molar-refractivity contribution in [3.63, 3.8) is 0 Å². The number of hydrogen-bond acceptors (Lipinski definition) is 2. The van der Waals surface area contributed by atoms with Crippen molar-refractivity contribution in [1.29, 1.82) is 0 Å². The second-order valence-corrected chi connectivity index (χ2v) is 9.08. The Morgan fingerprint density at radius 1 is 1.12 bits per heavy atom. The fourth-order valence-electron chi connectivity index (χ4n) is 3.67. The number of hydrogen-bond donors (Lipinski definition) is 1. The number of rotatable bonds is 4. The zero-order valence-electron chi connectivity index (χ0n) is 15.9. The molecule has 5 heteroatoms. The van der Waals surface area contributed by atoms with Crippen LogP contribution in [0.25, 0.3) is 16.9 Å². The summed E-state index contributed by atoms with van der Waals surface area (Å²) in [4.78, 5) is 4.72. The van der Waals surface area contributed by atoms with Crippen molar-refractivity contribution >= 4 is 23.1 Å². The summed E-state index contributed by atoms with van der Waals surface area (Å²) in [5.41, 5.74) is 2.20. The Morgan fingerprint density at radius 2 is 1.85 bits per heavy atom. The van der Waals surface area contributed by atoms with Crippen LogP contribution in [0.2, 0.25) is 5.02 Å². The Balaban J connectivity index is 2.15. The minimum absolute atomic E-state index is 0.160. The molecule has 0 saturated carbocycles. The maximum Gasteiger partial charge on any atom is 0.139 e. The molecule has 1 N–H and O–H groups in total. The van der Waals surface area contributed by atoms with E-state index in [0.29, 0.717) is 10.7 Å². The summed E-state index contributed by atoms with van der Waals surface area (Å²) in [6.45, 7) is 11.0. The van der Waals surface area contributed by atoms with Crippen molar-refractivity contribution in [2.24, 2.45) is 5.41 Å². The van der Waals surface area contributed by atoms with Crippen molar-refractivity contribution in [3.05, 3.63) is 53.4 Å². The average molecular weight is 374 g/mol. The molecule has 2 heterocycles. The highest BCUT2D eigenvalue weighted by Crippen LogP contribution is 2.35. The van der Waals surface area contributed by atoms with E-state index < -0.39 is 0 Å². The Kier molecular flexibility index (Phi) is 4.74. The summed E-state index contributed by atoms with van der Waals surface area (Å²) in [5.74, 6) is 0.542. The van der Waals surface area contributed by atoms with Crippen LogP contribution in [0.15, 0.2) is 42.6 Å². The van der Waals surface area contributed by atoms with Gasteiger partial charge in [0.05, 0.1) is 5.02 Å². The average Bonchev–Trinajstić information content (AvgIpc) is 2.82. The van der Waals surface area contributed by atoms with Crippen LogP contribution in [0.1, 0.15) is 41.0 Å². The van der Waals surface area contributed by atoms with E-state index in [1.807, 2.05) is 28.8 Å². The molecule has 0 spiro atoms. The molecule has 0 aliphatic carbocycles. The highest BCUT2D eigenvalue weighted by Gasteiger charge is 2.28. The monoisotopic (exact) mass is 373 g/mol. The molecule has 26 heavy (non-hydrogen) atoms. The topological polar surface area (TPSA) is 29.3 Å². The van der Waals surface area contributed by atoms with Crippen LogP contribution >= 0.6 is 11.6 Å². The number of fused-ring (bicyclic) bond motifs is 1. The molecule has 0 radical (unpaired) electrons. The van der Waals surface area contributed by atoms with E-state index in [4.69, 9.17) is 16.6 Å². The molecule has 0 aliphatic rings. The van der Waals surface area contributed by atoms with Crippen LogP contribution in [0.3, 0.4) is 0 Å². The van der Waals surface area contributed by atoms with Gasteiger partial charge in [-0.25, -0.2) is 9.37 Å². The molecule has 3 rings (SSSR count). The lowest BCUT2D eigenvalue weighted by Gasteiger charge is -2.34. The van der Waals surface area contributed by atoms with Gasteiger partial charge in [-0.2, -0.15) is 0 Å². The van der Waals surface area contributed by atoms with Gasteiger partial charge in [0, 0.05) is 17.3 Å². The zero-order valence-corrected chi connectivity index (χ0v) is 16.7. The van der Waals surface area contributed by atoms with E-state index >= 15 is 0 Å². The van der Waals surface area contributed by atoms with Crippen LogP contribution in [-0.4, -0.2) is 14.9 Å². The van der Waals surface area contributed by atoms with E-state index in [2.05, 4.69) is 39.9 Å². The third-order valence-electron chi connectivity index (χ3n) is 4.11. The van der Waals surface area contributed by atoms with Crippen LogP contribution < -0.4 is 5.32 Å². The number of nitrogens with zero attached hydrogens (tertiary/aromatic N) is 2. The summed E-state index contributed by atoms with van der Waals surface area (Å²) in [6.07, 6.45) is 2.79. The van der Waals surface area contributed by atoms with E-state index in [-0.39, 0.29) is 16.8 Å². The standard InChI is InChI=1S/C21H25ClFN3/c1-20(2,3)13-21(4,5)25-19-18(14-7-6-8-16(23)11-14)24-17-10-9-15(22)12-26(17)19/h6-12,25H,13H2,1-5H3. The molecule has 0 bridgehead atoms. The summed E-state index contributed by atoms with van der Waals surface area (Å²) in [6, 6.07) is 10.2. The van der Waals surface area contributed by atoms with Crippen LogP contribution in [0.5, 0.6) is 0 Å². The second-order valence-electron chi connectivity index (χ2n) is 8.64. The first-order chi connectivity index (χ1) is 12.0. The molecule has 0 aliphatic heterocycles. The van der Waals surface area contributed by atoms with Crippen molar-refractivity contribution in [2.45, 2.75) is 46.6 Å². The molecule has 3 aromatic rings. The van der Waals surface area contributed by atoms with Crippen molar-refractivity contribution in [1.82, 2.24) is 9.38 Å². The van der Waals surface area contributed by atoms with Gasteiger partial charge in [-0.15, -0.1) is 0 Å². The first kappa shape index (κ1) is 18.7. The lowest BCUT2D eigenvalue weighted by Crippen LogP contribution is -2.36. The van der Waals surface area contributed by atoms with Crippen molar-refractivity contribution < 1.29 is 4.39 Å². The number of benzene rings is 1. The number of nitrogens with one attached hydrogen (secondary N) is 1. The Morgan fingerprint density at radius 3 is 2.50 bits per heavy atom. The molecule has 0 saturated heterocycles. The van der Waals surface area contributed by atoms with E-state index in [9.17, 15) is 4.39 Å². The van der Waals surface area contributed by atoms with Gasteiger partial charge >= 0.3 is 0 Å². The number of imidazole rings is 1. The lowest BCUT2D eigenvalue weighted by atomic mass is 9.82. The van der Waals surface area contributed by atoms with Gasteiger partial charge in [0.25, 0.3) is 0 Å². The predicted molar refractivity (Wildman–Crippen MR) is 107 cm³/mol. The smallest absolute Gasteiger partial charge is 0.139 e. The SMILES string of the molecule is CC(C)(C)CC(C)(C)Nc1c(-c2cccc(F)c2)nc2ccc(Cl)cn12. The fraction of sp³-hybridized carbons (Fsp3) is 0.381. The van der Waals surface area contributed by atoms with Gasteiger partial charge in [-0.05, 0) is 49.9 Å². The van der Waals surface area contributed by atoms with Gasteiger partial charge in [0.2, 0.25) is 0 Å². The Hall–Kier alpha value is -2.07. The highest BCUT2D eigenvalue weighted by molar-refractivity contribution is 6.30. The quantitative estimate of drug-likeness (QED) is 0.571. The molecule has 3 nitrogen and oxygen atoms in total. The summed E-state index contributed by atoms with van der Waals surface area (Å²) in [7, 11) is 0. The summed E-state index contributed by atoms with van der Waals surface area (Å²) < 4.78 is 15.7. The maximum absolute atomic E-state index is 13.8. The van der Waals surface area contributed by atoms with E-state index in [1.54, 1.807) is 6.07 Å². The molecule has 138 valence electrons. The molecule has 0 atom stereocenters. The molecule has 0 amide bonds. The summed E-state index contributed by atoms with van der Waals surface area (Å²) >= 11 is 6.21. The Labute approximate surface area is 159 Å². The normalized spacial score (nSPS) is 12.6. The number of halogens is 2. The second kappa shape index (κ2) is 6.58. The maximum atomic E-state index is 13.8. The van der Waals surface area contributed by atoms with Gasteiger partial charge in [-0.3, -0.25) is 4.40 Å². The molecule has 0 unspecified atom stereocenters. The molecule has 2 aromatic heterocycles. The van der Waals surface area contributed by atoms with Gasteiger partial charge in [-0.1, -0.05) is 44.5 Å². The van der Waals surface area contributed by atoms with E-state index in [1.165, 1.54) is 12.1 Å². The van der Waals surface area contributed by atoms with Crippen LogP contribution in [0, 0.1) is 11.2 Å². The van der Waals surface area contributed by atoms with Gasteiger partial charge in [0.1, 0.15) is 23.0 Å². The zero-order chi connectivity index (χ0) is 19.1. The molecule has 0 fully saturated rings. The molecular formula is C21H25ClFN3. The van der Waals surface area contributed by atoms with Gasteiger partial charge in [0.15, 0.2) is 0 Å². The number of anilines is 1. The van der Waals surface area contributed by atoms with Crippen molar-refractivity contribution in [3.8, 4) is 11.3 Å². The van der Waals surface area contributed by atoms with Crippen LogP contribution in [-0.2, 0) is 0 Å². The number of pyridine rings is 1. The number of aromatic nitrogens is 2. The van der Waals surface area contributed by atoms with Crippen LogP contribution in [0.4, 0.5) is 10.2 Å². The minimum atomic E-state index is -0.280. The third-order valence-corrected chi connectivity index (χ3v) is 4.33. The first-order valence-electron chi connectivity index (χ1n) is 8.76. The lowest BCUT2D eigenvalue weighted by molar-refractivity contribution is 0.302. The third kappa shape index (κ3) is 4.18. The van der Waals surface area contributed by atoms with Gasteiger partial charge < -0.3 is 5.32 Å². The summed E-state index contributed by atoms with van der Waals surface area (Å²) in [5, 5.41) is 4.25. The molecule has 1 aromatic carbocycles. The predicted octanol–water partition coefficient (Wildman–Crippen LogP) is 6.42. The van der Waals surface area contributed by atoms with Crippen molar-refractivity contribution in [2.75, 3.05) is 5.32 Å².